The zero-order valence-electron chi connectivity index (χ0n) is 13.4. The molecule has 0 fully saturated rings. The Bertz CT molecular complexity index is 624. The van der Waals surface area contributed by atoms with Gasteiger partial charge in [0, 0.05) is 16.8 Å². The minimum atomic E-state index is 0. The van der Waals surface area contributed by atoms with Gasteiger partial charge in [0.25, 0.3) is 0 Å². The van der Waals surface area contributed by atoms with E-state index in [1.54, 1.807) is 0 Å². The van der Waals surface area contributed by atoms with Crippen LogP contribution in [0.2, 0.25) is 0 Å². The highest BCUT2D eigenvalue weighted by atomic mass is 14.9. The highest BCUT2D eigenvalue weighted by Gasteiger charge is 1.99. The van der Waals surface area contributed by atoms with Crippen LogP contribution in [0.1, 0.15) is 35.1 Å². The van der Waals surface area contributed by atoms with Gasteiger partial charge in [-0.2, -0.15) is 0 Å². The molecule has 0 aliphatic heterocycles. The second-order valence-corrected chi connectivity index (χ2v) is 4.02. The van der Waals surface area contributed by atoms with E-state index in [9.17, 15) is 0 Å². The van der Waals surface area contributed by atoms with Crippen molar-refractivity contribution in [3.8, 4) is 0 Å². The van der Waals surface area contributed by atoms with E-state index in [4.69, 9.17) is 0 Å². The van der Waals surface area contributed by atoms with Gasteiger partial charge in [0.15, 0.2) is 0 Å². The summed E-state index contributed by atoms with van der Waals surface area (Å²) < 4.78 is 0. The summed E-state index contributed by atoms with van der Waals surface area (Å²) in [4.78, 5) is 0. The van der Waals surface area contributed by atoms with Gasteiger partial charge in [-0.3, -0.25) is 0 Å². The van der Waals surface area contributed by atoms with Crippen molar-refractivity contribution in [1.29, 1.82) is 0 Å². The Morgan fingerprint density at radius 3 is 1.82 bits per heavy atom. The zero-order chi connectivity index (χ0) is 15.5. The van der Waals surface area contributed by atoms with Crippen LogP contribution in [0.3, 0.4) is 0 Å². The van der Waals surface area contributed by atoms with Crippen LogP contribution < -0.4 is 5.32 Å². The van der Waals surface area contributed by atoms with Gasteiger partial charge in [0.05, 0.1) is 0 Å². The van der Waals surface area contributed by atoms with Gasteiger partial charge in [0.1, 0.15) is 0 Å². The summed E-state index contributed by atoms with van der Waals surface area (Å²) in [5.74, 6) is 0. The maximum absolute atomic E-state index is 3.45. The van der Waals surface area contributed by atoms with Crippen molar-refractivity contribution in [2.45, 2.75) is 35.1 Å². The standard InChI is InChI=1S/C16H13N.2C2H6.CH4/c1-2-9-14(10-3-1)17-16-12-6-8-13-7-4-5-11-15(13)16;2*1-2;/h1-12,17H;2*1-2H3;1H4. The van der Waals surface area contributed by atoms with Gasteiger partial charge < -0.3 is 5.32 Å². The van der Waals surface area contributed by atoms with Gasteiger partial charge in [-0.1, -0.05) is 89.7 Å². The van der Waals surface area contributed by atoms with Crippen molar-refractivity contribution in [2.24, 2.45) is 0 Å². The summed E-state index contributed by atoms with van der Waals surface area (Å²) >= 11 is 0. The maximum atomic E-state index is 3.45. The largest absolute Gasteiger partial charge is 0.355 e. The van der Waals surface area contributed by atoms with Crippen molar-refractivity contribution in [3.63, 3.8) is 0 Å². The average Bonchev–Trinajstić information content (AvgIpc) is 2.60. The first-order valence-electron chi connectivity index (χ1n) is 7.73. The molecule has 0 bridgehead atoms. The van der Waals surface area contributed by atoms with Crippen molar-refractivity contribution in [1.82, 2.24) is 0 Å². The van der Waals surface area contributed by atoms with E-state index in [0.717, 1.165) is 11.4 Å². The van der Waals surface area contributed by atoms with Crippen LogP contribution in [0.5, 0.6) is 0 Å². The first-order chi connectivity index (χ1) is 10.4. The summed E-state index contributed by atoms with van der Waals surface area (Å²) in [6, 6.07) is 25.0. The first-order valence-corrected chi connectivity index (χ1v) is 7.73. The van der Waals surface area contributed by atoms with E-state index in [0.29, 0.717) is 0 Å². The van der Waals surface area contributed by atoms with E-state index in [1.165, 1.54) is 10.8 Å². The molecule has 1 nitrogen and oxygen atoms in total. The molecule has 0 saturated heterocycles. The molecule has 0 atom stereocenters. The Labute approximate surface area is 136 Å². The number of rotatable bonds is 2. The van der Waals surface area contributed by atoms with Crippen LogP contribution in [-0.4, -0.2) is 0 Å². The molecule has 1 heteroatoms. The predicted molar refractivity (Wildman–Crippen MR) is 103 cm³/mol. The van der Waals surface area contributed by atoms with Gasteiger partial charge in [-0.25, -0.2) is 0 Å². The second kappa shape index (κ2) is 11.4. The Morgan fingerprint density at radius 2 is 1.14 bits per heavy atom. The molecule has 3 aromatic rings. The fourth-order valence-electron chi connectivity index (χ4n) is 2.01. The van der Waals surface area contributed by atoms with Crippen LogP contribution in [0.4, 0.5) is 11.4 Å². The van der Waals surface area contributed by atoms with Crippen molar-refractivity contribution in [3.05, 3.63) is 72.8 Å². The van der Waals surface area contributed by atoms with Gasteiger partial charge in [-0.15, -0.1) is 0 Å². The fourth-order valence-corrected chi connectivity index (χ4v) is 2.01. The molecule has 0 heterocycles. The molecule has 3 aromatic carbocycles. The smallest absolute Gasteiger partial charge is 0.0463 e. The van der Waals surface area contributed by atoms with E-state index in [-0.39, 0.29) is 7.43 Å². The molecule has 3 rings (SSSR count). The molecule has 0 unspecified atom stereocenters. The number of nitrogens with one attached hydrogen (secondary N) is 1. The Balaban J connectivity index is 0.000000819. The van der Waals surface area contributed by atoms with Gasteiger partial charge in [0.2, 0.25) is 0 Å². The SMILES string of the molecule is C.CC.CC.c1ccc(Nc2cccc3ccccc23)cc1. The number of anilines is 2. The molecule has 0 aliphatic rings. The summed E-state index contributed by atoms with van der Waals surface area (Å²) in [6.45, 7) is 8.00. The Morgan fingerprint density at radius 1 is 0.591 bits per heavy atom. The highest BCUT2D eigenvalue weighted by Crippen LogP contribution is 2.25. The van der Waals surface area contributed by atoms with Gasteiger partial charge >= 0.3 is 0 Å². The van der Waals surface area contributed by atoms with E-state index < -0.39 is 0 Å². The third kappa shape index (κ3) is 5.25. The lowest BCUT2D eigenvalue weighted by atomic mass is 10.1. The molecule has 0 aliphatic carbocycles. The third-order valence-electron chi connectivity index (χ3n) is 2.84. The minimum absolute atomic E-state index is 0. The number of hydrogen-bond acceptors (Lipinski definition) is 1. The Hall–Kier alpha value is -2.28. The van der Waals surface area contributed by atoms with Gasteiger partial charge in [-0.05, 0) is 23.6 Å². The normalized spacial score (nSPS) is 8.55. The van der Waals surface area contributed by atoms with Crippen LogP contribution in [0.15, 0.2) is 72.8 Å². The Kier molecular flexibility index (Phi) is 10.2. The molecule has 1 N–H and O–H groups in total. The molecule has 22 heavy (non-hydrogen) atoms. The number of para-hydroxylation sites is 1. The van der Waals surface area contributed by atoms with Crippen LogP contribution in [0.25, 0.3) is 10.8 Å². The lowest BCUT2D eigenvalue weighted by Gasteiger charge is -2.09. The third-order valence-corrected chi connectivity index (χ3v) is 2.84. The van der Waals surface area contributed by atoms with Crippen molar-refractivity contribution < 1.29 is 0 Å². The average molecular weight is 295 g/mol. The second-order valence-electron chi connectivity index (χ2n) is 4.02. The first kappa shape index (κ1) is 19.7. The molecule has 0 radical (unpaired) electrons. The summed E-state index contributed by atoms with van der Waals surface area (Å²) in [7, 11) is 0. The van der Waals surface area contributed by atoms with E-state index in [2.05, 4.69) is 59.9 Å². The van der Waals surface area contributed by atoms with E-state index in [1.807, 2.05) is 45.9 Å². The molecule has 0 saturated carbocycles. The summed E-state index contributed by atoms with van der Waals surface area (Å²) in [6.07, 6.45) is 0. The summed E-state index contributed by atoms with van der Waals surface area (Å²) in [5, 5.41) is 5.95. The molecule has 0 amide bonds. The molecular weight excluding hydrogens is 266 g/mol. The monoisotopic (exact) mass is 295 g/mol. The molecule has 0 spiro atoms. The fraction of sp³-hybridized carbons (Fsp3) is 0.238. The lowest BCUT2D eigenvalue weighted by molar-refractivity contribution is 1.50. The summed E-state index contributed by atoms with van der Waals surface area (Å²) in [5.41, 5.74) is 2.26. The topological polar surface area (TPSA) is 12.0 Å². The number of fused-ring (bicyclic) bond motifs is 1. The van der Waals surface area contributed by atoms with Crippen molar-refractivity contribution in [2.75, 3.05) is 5.32 Å². The van der Waals surface area contributed by atoms with E-state index >= 15 is 0 Å². The van der Waals surface area contributed by atoms with Crippen LogP contribution in [0, 0.1) is 0 Å². The minimum Gasteiger partial charge on any atom is -0.355 e. The lowest BCUT2D eigenvalue weighted by Crippen LogP contribution is -1.90. The predicted octanol–water partition coefficient (Wildman–Crippen LogP) is 7.27. The van der Waals surface area contributed by atoms with Crippen LogP contribution in [-0.2, 0) is 0 Å². The highest BCUT2D eigenvalue weighted by molar-refractivity contribution is 5.95. The number of benzene rings is 3. The number of hydrogen-bond donors (Lipinski definition) is 1. The molecule has 118 valence electrons. The van der Waals surface area contributed by atoms with Crippen LogP contribution >= 0.6 is 0 Å². The molecule has 0 aromatic heterocycles. The molecular formula is C21H29N. The quantitative estimate of drug-likeness (QED) is 0.524. The van der Waals surface area contributed by atoms with Crippen molar-refractivity contribution >= 4 is 22.1 Å². The maximum Gasteiger partial charge on any atom is 0.0463 e. The zero-order valence-corrected chi connectivity index (χ0v) is 13.4.